The summed E-state index contributed by atoms with van der Waals surface area (Å²) < 4.78 is 5.33. The minimum Gasteiger partial charge on any atom is -0.496 e. The van der Waals surface area contributed by atoms with Gasteiger partial charge in [0.1, 0.15) is 5.75 Å². The lowest BCUT2D eigenvalue weighted by Crippen LogP contribution is -2.31. The lowest BCUT2D eigenvalue weighted by Gasteiger charge is -2.21. The van der Waals surface area contributed by atoms with Gasteiger partial charge in [0.15, 0.2) is 0 Å². The second-order valence-corrected chi connectivity index (χ2v) is 5.78. The molecule has 5 heteroatoms. The summed E-state index contributed by atoms with van der Waals surface area (Å²) in [5.74, 6) is 0.559. The number of methoxy groups -OCH3 is 1. The second-order valence-electron chi connectivity index (χ2n) is 5.78. The fourth-order valence-corrected chi connectivity index (χ4v) is 3.10. The molecule has 0 radical (unpaired) electrons. The van der Waals surface area contributed by atoms with Gasteiger partial charge < -0.3 is 15.0 Å². The van der Waals surface area contributed by atoms with Crippen LogP contribution in [-0.2, 0) is 22.4 Å². The van der Waals surface area contributed by atoms with Crippen LogP contribution in [0.1, 0.15) is 18.1 Å². The topological polar surface area (TPSA) is 58.6 Å². The zero-order valence-corrected chi connectivity index (χ0v) is 13.8. The molecular weight excluding hydrogens is 304 g/mol. The molecule has 0 atom stereocenters. The highest BCUT2D eigenvalue weighted by Gasteiger charge is 2.28. The number of nitrogens with one attached hydrogen (secondary N) is 1. The second kappa shape index (κ2) is 6.74. The molecule has 0 saturated heterocycles. The van der Waals surface area contributed by atoms with E-state index in [4.69, 9.17) is 4.74 Å². The van der Waals surface area contributed by atoms with Gasteiger partial charge in [-0.1, -0.05) is 30.3 Å². The van der Waals surface area contributed by atoms with Gasteiger partial charge in [-0.05, 0) is 24.1 Å². The predicted octanol–water partition coefficient (Wildman–Crippen LogP) is 2.79. The van der Waals surface area contributed by atoms with Crippen LogP contribution in [0.4, 0.5) is 11.4 Å². The molecule has 1 aliphatic rings. The quantitative estimate of drug-likeness (QED) is 0.941. The highest BCUT2D eigenvalue weighted by atomic mass is 16.5. The lowest BCUT2D eigenvalue weighted by atomic mass is 10.1. The number of benzene rings is 2. The molecule has 0 aromatic heterocycles. The summed E-state index contributed by atoms with van der Waals surface area (Å²) in [6.07, 6.45) is 1.05. The molecule has 1 heterocycles. The maximum absolute atomic E-state index is 12.8. The number of ether oxygens (including phenoxy) is 1. The number of nitrogens with zero attached hydrogens (tertiary/aromatic N) is 1. The Bertz CT molecular complexity index is 786. The van der Waals surface area contributed by atoms with Crippen molar-refractivity contribution >= 4 is 23.2 Å². The van der Waals surface area contributed by atoms with E-state index in [2.05, 4.69) is 5.32 Å². The average molecular weight is 324 g/mol. The van der Waals surface area contributed by atoms with Gasteiger partial charge in [-0.15, -0.1) is 0 Å². The first kappa shape index (κ1) is 16.1. The first-order valence-electron chi connectivity index (χ1n) is 7.92. The zero-order chi connectivity index (χ0) is 17.1. The predicted molar refractivity (Wildman–Crippen MR) is 93.5 cm³/mol. The minimum absolute atomic E-state index is 0.00366. The van der Waals surface area contributed by atoms with E-state index in [1.807, 2.05) is 42.5 Å². The molecule has 0 spiro atoms. The largest absolute Gasteiger partial charge is 0.496 e. The fraction of sp³-hybridized carbons (Fsp3) is 0.263. The van der Waals surface area contributed by atoms with Gasteiger partial charge in [-0.3, -0.25) is 9.59 Å². The van der Waals surface area contributed by atoms with Crippen LogP contribution in [0.25, 0.3) is 0 Å². The molecule has 3 rings (SSSR count). The molecule has 1 N–H and O–H groups in total. The molecule has 0 unspecified atom stereocenters. The Hall–Kier alpha value is -2.82. The van der Waals surface area contributed by atoms with Gasteiger partial charge >= 0.3 is 0 Å². The SMILES string of the molecule is COc1ccccc1CC(=O)N1CCc2cccc(NC(C)=O)c21. The molecule has 2 aromatic rings. The number of hydrogen-bond donors (Lipinski definition) is 1. The molecule has 0 saturated carbocycles. The summed E-state index contributed by atoms with van der Waals surface area (Å²) >= 11 is 0. The number of anilines is 2. The third-order valence-corrected chi connectivity index (χ3v) is 4.14. The Morgan fingerprint density at radius 3 is 2.71 bits per heavy atom. The van der Waals surface area contributed by atoms with Gasteiger partial charge in [0.05, 0.1) is 24.9 Å². The van der Waals surface area contributed by atoms with Crippen LogP contribution in [0.15, 0.2) is 42.5 Å². The standard InChI is InChI=1S/C19H20N2O3/c1-13(22)20-16-8-5-7-14-10-11-21(19(14)16)18(23)12-15-6-3-4-9-17(15)24-2/h3-9H,10-12H2,1-2H3,(H,20,22). The molecule has 1 aliphatic heterocycles. The Kier molecular flexibility index (Phi) is 4.51. The Balaban J connectivity index is 1.88. The van der Waals surface area contributed by atoms with Crippen molar-refractivity contribution in [2.75, 3.05) is 23.9 Å². The smallest absolute Gasteiger partial charge is 0.231 e. The number of carbonyl (C=O) groups excluding carboxylic acids is 2. The molecule has 24 heavy (non-hydrogen) atoms. The summed E-state index contributed by atoms with van der Waals surface area (Å²) in [6, 6.07) is 13.2. The average Bonchev–Trinajstić information content (AvgIpc) is 3.00. The molecular formula is C19H20N2O3. The van der Waals surface area contributed by atoms with Crippen LogP contribution in [0.5, 0.6) is 5.75 Å². The number of hydrogen-bond acceptors (Lipinski definition) is 3. The summed E-state index contributed by atoms with van der Waals surface area (Å²) in [4.78, 5) is 26.0. The van der Waals surface area contributed by atoms with Crippen LogP contribution in [-0.4, -0.2) is 25.5 Å². The normalized spacial score (nSPS) is 12.7. The molecule has 2 aromatic carbocycles. The maximum Gasteiger partial charge on any atom is 0.231 e. The molecule has 2 amide bonds. The number of rotatable bonds is 4. The summed E-state index contributed by atoms with van der Waals surface area (Å²) in [5.41, 5.74) is 3.43. The molecule has 0 fully saturated rings. The highest BCUT2D eigenvalue weighted by Crippen LogP contribution is 2.36. The van der Waals surface area contributed by atoms with Crippen molar-refractivity contribution in [3.05, 3.63) is 53.6 Å². The van der Waals surface area contributed by atoms with Crippen molar-refractivity contribution in [1.29, 1.82) is 0 Å². The third kappa shape index (κ3) is 3.11. The van der Waals surface area contributed by atoms with E-state index >= 15 is 0 Å². The Morgan fingerprint density at radius 2 is 1.96 bits per heavy atom. The van der Waals surface area contributed by atoms with Crippen LogP contribution >= 0.6 is 0 Å². The van der Waals surface area contributed by atoms with E-state index in [-0.39, 0.29) is 18.2 Å². The van der Waals surface area contributed by atoms with Crippen molar-refractivity contribution in [2.45, 2.75) is 19.8 Å². The van der Waals surface area contributed by atoms with Crippen molar-refractivity contribution in [3.63, 3.8) is 0 Å². The van der Waals surface area contributed by atoms with Crippen LogP contribution in [0.3, 0.4) is 0 Å². The van der Waals surface area contributed by atoms with Gasteiger partial charge in [0, 0.05) is 19.0 Å². The summed E-state index contributed by atoms with van der Waals surface area (Å²) in [5, 5.41) is 2.82. The zero-order valence-electron chi connectivity index (χ0n) is 13.8. The Morgan fingerprint density at radius 1 is 1.17 bits per heavy atom. The van der Waals surface area contributed by atoms with E-state index in [0.717, 1.165) is 23.2 Å². The highest BCUT2D eigenvalue weighted by molar-refractivity contribution is 6.03. The van der Waals surface area contributed by atoms with Crippen LogP contribution < -0.4 is 15.0 Å². The van der Waals surface area contributed by atoms with Gasteiger partial charge in [0.2, 0.25) is 11.8 Å². The van der Waals surface area contributed by atoms with Crippen molar-refractivity contribution in [2.24, 2.45) is 0 Å². The van der Waals surface area contributed by atoms with E-state index in [0.29, 0.717) is 18.0 Å². The summed E-state index contributed by atoms with van der Waals surface area (Å²) in [6.45, 7) is 2.09. The van der Waals surface area contributed by atoms with Crippen LogP contribution in [0.2, 0.25) is 0 Å². The van der Waals surface area contributed by atoms with E-state index in [1.165, 1.54) is 6.92 Å². The molecule has 0 bridgehead atoms. The molecule has 124 valence electrons. The minimum atomic E-state index is -0.146. The monoisotopic (exact) mass is 324 g/mol. The molecule has 0 aliphatic carbocycles. The van der Waals surface area contributed by atoms with Crippen molar-refractivity contribution in [3.8, 4) is 5.75 Å². The number of fused-ring (bicyclic) bond motifs is 1. The fourth-order valence-electron chi connectivity index (χ4n) is 3.10. The Labute approximate surface area is 141 Å². The molecule has 5 nitrogen and oxygen atoms in total. The third-order valence-electron chi connectivity index (χ3n) is 4.14. The van der Waals surface area contributed by atoms with Crippen LogP contribution in [0, 0.1) is 0 Å². The van der Waals surface area contributed by atoms with E-state index in [9.17, 15) is 9.59 Å². The van der Waals surface area contributed by atoms with Gasteiger partial charge in [-0.2, -0.15) is 0 Å². The van der Waals surface area contributed by atoms with Gasteiger partial charge in [-0.25, -0.2) is 0 Å². The number of amides is 2. The summed E-state index contributed by atoms with van der Waals surface area (Å²) in [7, 11) is 1.60. The maximum atomic E-state index is 12.8. The van der Waals surface area contributed by atoms with E-state index < -0.39 is 0 Å². The number of carbonyl (C=O) groups is 2. The van der Waals surface area contributed by atoms with E-state index in [1.54, 1.807) is 12.0 Å². The van der Waals surface area contributed by atoms with Crippen molar-refractivity contribution < 1.29 is 14.3 Å². The van der Waals surface area contributed by atoms with Gasteiger partial charge in [0.25, 0.3) is 0 Å². The van der Waals surface area contributed by atoms with Crippen molar-refractivity contribution in [1.82, 2.24) is 0 Å². The first-order chi connectivity index (χ1) is 11.6. The first-order valence-corrected chi connectivity index (χ1v) is 7.92. The lowest BCUT2D eigenvalue weighted by molar-refractivity contribution is -0.118. The number of para-hydroxylation sites is 2.